The van der Waals surface area contributed by atoms with Crippen molar-refractivity contribution in [3.05, 3.63) is 32.3 Å². The number of morpholine rings is 1. The lowest BCUT2D eigenvalue weighted by molar-refractivity contribution is 0.0331. The largest absolute Gasteiger partial charge is 0.389 e. The van der Waals surface area contributed by atoms with E-state index in [2.05, 4.69) is 22.8 Å². The van der Waals surface area contributed by atoms with E-state index in [4.69, 9.17) is 20.4 Å². The number of hydrogen-bond acceptors (Lipinski definition) is 9. The second-order valence-electron chi connectivity index (χ2n) is 9.41. The Labute approximate surface area is 201 Å². The molecule has 0 spiro atoms. The molecule has 0 radical (unpaired) electrons. The van der Waals surface area contributed by atoms with Crippen molar-refractivity contribution in [2.75, 3.05) is 43.5 Å². The van der Waals surface area contributed by atoms with E-state index >= 15 is 0 Å². The van der Waals surface area contributed by atoms with Crippen LogP contribution in [0.2, 0.25) is 0 Å². The first-order valence-electron chi connectivity index (χ1n) is 11.8. The molecule has 2 aliphatic heterocycles. The minimum absolute atomic E-state index is 0.645. The van der Waals surface area contributed by atoms with E-state index in [1.54, 1.807) is 11.3 Å². The monoisotopic (exact) mass is 480 g/mol. The number of aromatic nitrogens is 2. The molecule has 5 heterocycles. The van der Waals surface area contributed by atoms with E-state index in [0.717, 1.165) is 93.2 Å². The van der Waals surface area contributed by atoms with Crippen LogP contribution in [0, 0.1) is 17.2 Å². The highest BCUT2D eigenvalue weighted by Gasteiger charge is 2.30. The first-order chi connectivity index (χ1) is 16.1. The second-order valence-corrected chi connectivity index (χ2v) is 11.6. The number of rotatable bonds is 3. The summed E-state index contributed by atoms with van der Waals surface area (Å²) in [6.07, 6.45) is 4.32. The van der Waals surface area contributed by atoms with Crippen LogP contribution in [0.1, 0.15) is 45.6 Å². The summed E-state index contributed by atoms with van der Waals surface area (Å²) in [5.41, 5.74) is 9.44. The van der Waals surface area contributed by atoms with E-state index in [1.807, 2.05) is 11.3 Å². The summed E-state index contributed by atoms with van der Waals surface area (Å²) in [6.45, 7) is 8.12. The maximum atomic E-state index is 9.54. The number of nitriles is 1. The van der Waals surface area contributed by atoms with Gasteiger partial charge in [-0.2, -0.15) is 5.26 Å². The molecule has 0 aromatic carbocycles. The molecule has 33 heavy (non-hydrogen) atoms. The zero-order chi connectivity index (χ0) is 22.5. The molecule has 0 unspecified atom stereocenters. The number of fused-ring (bicyclic) bond motifs is 4. The number of nitrogens with zero attached hydrogens (tertiary/aromatic N) is 5. The average Bonchev–Trinajstić information content (AvgIpc) is 3.34. The predicted octanol–water partition coefficient (Wildman–Crippen LogP) is 3.73. The Morgan fingerprint density at radius 2 is 1.97 bits per heavy atom. The molecule has 2 N–H and O–H groups in total. The SMILES string of the molecule is C[C@@H]1CCc2c(sc3nc(CN4CCOCC4)nc(N4CCc5c(sc(N)c5C#N)C4)c23)C1. The maximum absolute atomic E-state index is 9.54. The van der Waals surface area contributed by atoms with Gasteiger partial charge < -0.3 is 15.4 Å². The normalized spacial score (nSPS) is 21.1. The zero-order valence-electron chi connectivity index (χ0n) is 18.9. The lowest BCUT2D eigenvalue weighted by atomic mass is 9.89. The van der Waals surface area contributed by atoms with Crippen LogP contribution < -0.4 is 10.6 Å². The van der Waals surface area contributed by atoms with Gasteiger partial charge in [-0.25, -0.2) is 9.97 Å². The molecule has 6 rings (SSSR count). The van der Waals surface area contributed by atoms with Gasteiger partial charge in [-0.15, -0.1) is 22.7 Å². The topological polar surface area (TPSA) is 91.3 Å². The predicted molar refractivity (Wildman–Crippen MR) is 133 cm³/mol. The molecular weight excluding hydrogens is 452 g/mol. The Morgan fingerprint density at radius 3 is 2.79 bits per heavy atom. The van der Waals surface area contributed by atoms with Gasteiger partial charge in [0.25, 0.3) is 0 Å². The van der Waals surface area contributed by atoms with Crippen LogP contribution in [0.5, 0.6) is 0 Å². The fourth-order valence-electron chi connectivity index (χ4n) is 5.35. The molecule has 7 nitrogen and oxygen atoms in total. The number of ether oxygens (including phenoxy) is 1. The molecule has 9 heteroatoms. The van der Waals surface area contributed by atoms with Crippen molar-refractivity contribution in [1.29, 1.82) is 5.26 Å². The van der Waals surface area contributed by atoms with E-state index in [0.29, 0.717) is 10.6 Å². The Kier molecular flexibility index (Phi) is 5.49. The Hall–Kier alpha value is -2.25. The third-order valence-electron chi connectivity index (χ3n) is 7.15. The minimum atomic E-state index is 0.645. The molecule has 3 aliphatic rings. The number of nitrogens with two attached hydrogens (primary N) is 1. The maximum Gasteiger partial charge on any atom is 0.146 e. The molecule has 0 bridgehead atoms. The second kappa shape index (κ2) is 8.51. The van der Waals surface area contributed by atoms with Gasteiger partial charge in [-0.05, 0) is 42.7 Å². The molecule has 1 atom stereocenters. The number of thiophene rings is 2. The first-order valence-corrected chi connectivity index (χ1v) is 13.4. The van der Waals surface area contributed by atoms with Crippen LogP contribution in [0.15, 0.2) is 0 Å². The van der Waals surface area contributed by atoms with E-state index in [9.17, 15) is 5.26 Å². The summed E-state index contributed by atoms with van der Waals surface area (Å²) < 4.78 is 5.53. The van der Waals surface area contributed by atoms with E-state index in [1.165, 1.54) is 27.1 Å². The van der Waals surface area contributed by atoms with Crippen molar-refractivity contribution in [1.82, 2.24) is 14.9 Å². The Bertz CT molecular complexity index is 1250. The van der Waals surface area contributed by atoms with Gasteiger partial charge in [-0.3, -0.25) is 4.90 Å². The third kappa shape index (κ3) is 3.79. The van der Waals surface area contributed by atoms with Crippen molar-refractivity contribution < 1.29 is 4.74 Å². The van der Waals surface area contributed by atoms with Crippen LogP contribution in [0.3, 0.4) is 0 Å². The van der Waals surface area contributed by atoms with Crippen molar-refractivity contribution in [3.8, 4) is 6.07 Å². The molecule has 3 aromatic heterocycles. The van der Waals surface area contributed by atoms with Gasteiger partial charge in [0.15, 0.2) is 0 Å². The number of aryl methyl sites for hydroxylation is 1. The Balaban J connectivity index is 1.42. The van der Waals surface area contributed by atoms with Crippen LogP contribution in [0.4, 0.5) is 10.8 Å². The minimum Gasteiger partial charge on any atom is -0.389 e. The van der Waals surface area contributed by atoms with Crippen molar-refractivity contribution in [3.63, 3.8) is 0 Å². The summed E-state index contributed by atoms with van der Waals surface area (Å²) in [6, 6.07) is 2.31. The van der Waals surface area contributed by atoms with Gasteiger partial charge >= 0.3 is 0 Å². The number of nitrogen functional groups attached to an aromatic ring is 1. The highest BCUT2D eigenvalue weighted by molar-refractivity contribution is 7.19. The fourth-order valence-corrected chi connectivity index (χ4v) is 7.83. The molecule has 1 saturated heterocycles. The first kappa shape index (κ1) is 21.3. The van der Waals surface area contributed by atoms with Crippen LogP contribution >= 0.6 is 22.7 Å². The summed E-state index contributed by atoms with van der Waals surface area (Å²) >= 11 is 3.43. The van der Waals surface area contributed by atoms with Crippen LogP contribution in [-0.4, -0.2) is 47.7 Å². The van der Waals surface area contributed by atoms with Gasteiger partial charge in [-0.1, -0.05) is 6.92 Å². The summed E-state index contributed by atoms with van der Waals surface area (Å²) in [4.78, 5) is 18.9. The van der Waals surface area contributed by atoms with E-state index < -0.39 is 0 Å². The molecule has 1 fully saturated rings. The standard InChI is InChI=1S/C24H28N6OS2/c1-14-2-3-16-18(10-14)33-24-21(16)23(27-20(28-24)13-29-6-8-31-9-7-29)30-5-4-15-17(11-25)22(26)32-19(15)12-30/h14H,2-10,12-13,26H2,1H3/t14-/m1/s1. The molecule has 0 saturated carbocycles. The summed E-state index contributed by atoms with van der Waals surface area (Å²) in [5, 5.41) is 11.4. The quantitative estimate of drug-likeness (QED) is 0.611. The fraction of sp³-hybridized carbons (Fsp3) is 0.542. The van der Waals surface area contributed by atoms with Gasteiger partial charge in [0.05, 0.1) is 37.3 Å². The van der Waals surface area contributed by atoms with Gasteiger partial charge in [0.2, 0.25) is 0 Å². The molecular formula is C24H28N6OS2. The van der Waals surface area contributed by atoms with Crippen LogP contribution in [0.25, 0.3) is 10.2 Å². The number of hydrogen-bond donors (Lipinski definition) is 1. The van der Waals surface area contributed by atoms with Crippen molar-refractivity contribution >= 4 is 43.7 Å². The van der Waals surface area contributed by atoms with Gasteiger partial charge in [0, 0.05) is 29.4 Å². The Morgan fingerprint density at radius 1 is 1.12 bits per heavy atom. The third-order valence-corrected chi connectivity index (χ3v) is 9.34. The van der Waals surface area contributed by atoms with Crippen molar-refractivity contribution in [2.45, 2.75) is 45.7 Å². The zero-order valence-corrected chi connectivity index (χ0v) is 20.5. The molecule has 0 amide bonds. The number of anilines is 2. The summed E-state index contributed by atoms with van der Waals surface area (Å²) in [7, 11) is 0. The smallest absolute Gasteiger partial charge is 0.146 e. The molecule has 3 aromatic rings. The highest BCUT2D eigenvalue weighted by Crippen LogP contribution is 2.43. The summed E-state index contributed by atoms with van der Waals surface area (Å²) in [5.74, 6) is 2.71. The lowest BCUT2D eigenvalue weighted by Crippen LogP contribution is -2.36. The molecule has 172 valence electrons. The molecule has 1 aliphatic carbocycles. The highest BCUT2D eigenvalue weighted by atomic mass is 32.1. The van der Waals surface area contributed by atoms with Crippen LogP contribution in [-0.2, 0) is 37.1 Å². The lowest BCUT2D eigenvalue weighted by Gasteiger charge is -2.30. The van der Waals surface area contributed by atoms with Crippen molar-refractivity contribution in [2.24, 2.45) is 5.92 Å². The average molecular weight is 481 g/mol. The van der Waals surface area contributed by atoms with Gasteiger partial charge in [0.1, 0.15) is 27.5 Å². The van der Waals surface area contributed by atoms with E-state index in [-0.39, 0.29) is 0 Å².